The molecule has 136 valence electrons. The summed E-state index contributed by atoms with van der Waals surface area (Å²) in [6.45, 7) is 3.30. The van der Waals surface area contributed by atoms with Gasteiger partial charge in [-0.2, -0.15) is 9.61 Å². The number of hydrogen-bond acceptors (Lipinski definition) is 7. The Morgan fingerprint density at radius 1 is 1.19 bits per heavy atom. The lowest BCUT2D eigenvalue weighted by Crippen LogP contribution is -2.45. The predicted molar refractivity (Wildman–Crippen MR) is 97.0 cm³/mol. The number of rotatable bonds is 6. The van der Waals surface area contributed by atoms with Crippen molar-refractivity contribution < 1.29 is 0 Å². The zero-order valence-electron chi connectivity index (χ0n) is 14.5. The van der Waals surface area contributed by atoms with Crippen molar-refractivity contribution in [1.29, 1.82) is 0 Å². The molecular weight excluding hydrogens is 332 g/mol. The number of nitrogens with one attached hydrogen (secondary N) is 1. The molecule has 4 heterocycles. The molecule has 0 aromatic carbocycles. The molecule has 0 aliphatic carbocycles. The molecule has 1 atom stereocenters. The van der Waals surface area contributed by atoms with Crippen molar-refractivity contribution >= 4 is 11.5 Å². The van der Waals surface area contributed by atoms with Crippen LogP contribution in [-0.2, 0) is 6.54 Å². The lowest BCUT2D eigenvalue weighted by molar-refractivity contribution is 0.148. The molecule has 9 heteroatoms. The summed E-state index contributed by atoms with van der Waals surface area (Å²) >= 11 is 0. The molecule has 1 saturated heterocycles. The van der Waals surface area contributed by atoms with E-state index in [1.807, 2.05) is 12.1 Å². The normalized spacial score (nSPS) is 18.2. The van der Waals surface area contributed by atoms with Gasteiger partial charge in [-0.15, -0.1) is 15.3 Å². The molecule has 0 spiro atoms. The summed E-state index contributed by atoms with van der Waals surface area (Å²) in [5, 5.41) is 19.8. The molecule has 1 aliphatic rings. The second-order valence-corrected chi connectivity index (χ2v) is 6.50. The fourth-order valence-electron chi connectivity index (χ4n) is 3.41. The summed E-state index contributed by atoms with van der Waals surface area (Å²) in [6, 6.07) is 7.46. The number of aromatic nitrogens is 6. The minimum Gasteiger partial charge on any atom is -0.367 e. The van der Waals surface area contributed by atoms with E-state index in [0.29, 0.717) is 12.6 Å². The highest BCUT2D eigenvalue weighted by atomic mass is 16.1. The second-order valence-electron chi connectivity index (χ2n) is 6.50. The predicted octanol–water partition coefficient (Wildman–Crippen LogP) is 0.648. The molecule has 1 N–H and O–H groups in total. The van der Waals surface area contributed by atoms with Crippen molar-refractivity contribution in [2.75, 3.05) is 25.0 Å². The summed E-state index contributed by atoms with van der Waals surface area (Å²) in [5.74, 6) is 0.809. The van der Waals surface area contributed by atoms with Gasteiger partial charge in [-0.1, -0.05) is 6.42 Å². The van der Waals surface area contributed by atoms with Gasteiger partial charge in [-0.05, 0) is 37.6 Å². The summed E-state index contributed by atoms with van der Waals surface area (Å²) < 4.78 is 3.19. The van der Waals surface area contributed by atoms with Crippen LogP contribution < -0.4 is 10.9 Å². The maximum atomic E-state index is 11.8. The van der Waals surface area contributed by atoms with Gasteiger partial charge in [0.2, 0.25) is 0 Å². The zero-order valence-corrected chi connectivity index (χ0v) is 14.5. The molecule has 0 radical (unpaired) electrons. The lowest BCUT2D eigenvalue weighted by Gasteiger charge is -2.35. The fourth-order valence-corrected chi connectivity index (χ4v) is 3.41. The van der Waals surface area contributed by atoms with Gasteiger partial charge >= 0.3 is 0 Å². The molecular formula is C17H22N8O. The Kier molecular flexibility index (Phi) is 4.87. The third-order valence-corrected chi connectivity index (χ3v) is 4.81. The average Bonchev–Trinajstić information content (AvgIpc) is 3.14. The van der Waals surface area contributed by atoms with Gasteiger partial charge in [-0.3, -0.25) is 9.69 Å². The molecule has 0 bridgehead atoms. The summed E-state index contributed by atoms with van der Waals surface area (Å²) in [6.07, 6.45) is 6.81. The van der Waals surface area contributed by atoms with Gasteiger partial charge in [0.1, 0.15) is 12.1 Å². The first-order chi connectivity index (χ1) is 12.8. The van der Waals surface area contributed by atoms with Crippen LogP contribution in [0.15, 0.2) is 41.6 Å². The number of anilines is 1. The van der Waals surface area contributed by atoms with E-state index < -0.39 is 0 Å². The molecule has 26 heavy (non-hydrogen) atoms. The van der Waals surface area contributed by atoms with Crippen LogP contribution in [0.5, 0.6) is 0 Å². The minimum absolute atomic E-state index is 0.0503. The number of fused-ring (bicyclic) bond motifs is 1. The third-order valence-electron chi connectivity index (χ3n) is 4.81. The highest BCUT2D eigenvalue weighted by Crippen LogP contribution is 2.17. The standard InChI is InChI=1S/C17H22N8O/c26-17-5-3-8-20-24(17)11-10-23-9-2-1-4-14(23)12-18-15-6-7-16-21-19-13-25(16)22-15/h3,5-8,13-14H,1-2,4,9-12H2,(H,18,22). The SMILES string of the molecule is O=c1cccnn1CCN1CCCCC1CNc1ccc2nncn2n1. The lowest BCUT2D eigenvalue weighted by atomic mass is 10.0. The van der Waals surface area contributed by atoms with E-state index in [1.165, 1.54) is 17.5 Å². The first-order valence-corrected chi connectivity index (χ1v) is 8.97. The monoisotopic (exact) mass is 354 g/mol. The maximum absolute atomic E-state index is 11.8. The topological polar surface area (TPSA) is 93.2 Å². The van der Waals surface area contributed by atoms with Crippen molar-refractivity contribution in [3.05, 3.63) is 47.1 Å². The van der Waals surface area contributed by atoms with Crippen LogP contribution in [0, 0.1) is 0 Å². The maximum Gasteiger partial charge on any atom is 0.266 e. The summed E-state index contributed by atoms with van der Waals surface area (Å²) in [4.78, 5) is 14.3. The molecule has 1 aliphatic heterocycles. The quantitative estimate of drug-likeness (QED) is 0.694. The Balaban J connectivity index is 1.37. The summed E-state index contributed by atoms with van der Waals surface area (Å²) in [7, 11) is 0. The Labute approximate surface area is 150 Å². The van der Waals surface area contributed by atoms with E-state index in [2.05, 4.69) is 30.6 Å². The van der Waals surface area contributed by atoms with Crippen molar-refractivity contribution in [2.45, 2.75) is 31.8 Å². The highest BCUT2D eigenvalue weighted by molar-refractivity contribution is 5.42. The third kappa shape index (κ3) is 3.72. The van der Waals surface area contributed by atoms with Gasteiger partial charge in [0.05, 0.1) is 6.54 Å². The first-order valence-electron chi connectivity index (χ1n) is 8.97. The first kappa shape index (κ1) is 16.6. The van der Waals surface area contributed by atoms with Gasteiger partial charge in [0.15, 0.2) is 5.65 Å². The van der Waals surface area contributed by atoms with Crippen LogP contribution in [0.4, 0.5) is 5.82 Å². The number of likely N-dealkylation sites (tertiary alicyclic amines) is 1. The van der Waals surface area contributed by atoms with Gasteiger partial charge < -0.3 is 5.32 Å². The van der Waals surface area contributed by atoms with E-state index in [4.69, 9.17) is 0 Å². The molecule has 9 nitrogen and oxygen atoms in total. The van der Waals surface area contributed by atoms with E-state index in [-0.39, 0.29) is 5.56 Å². The van der Waals surface area contributed by atoms with E-state index in [1.54, 1.807) is 29.2 Å². The number of piperidine rings is 1. The van der Waals surface area contributed by atoms with Crippen LogP contribution in [-0.4, -0.2) is 60.2 Å². The molecule has 4 rings (SSSR count). The molecule has 3 aromatic heterocycles. The van der Waals surface area contributed by atoms with Crippen molar-refractivity contribution in [1.82, 2.24) is 34.5 Å². The van der Waals surface area contributed by atoms with Crippen LogP contribution in [0.25, 0.3) is 5.65 Å². The molecule has 0 amide bonds. The zero-order chi connectivity index (χ0) is 17.8. The van der Waals surface area contributed by atoms with E-state index in [0.717, 1.165) is 37.5 Å². The summed E-state index contributed by atoms with van der Waals surface area (Å²) in [5.41, 5.74) is 0.682. The highest BCUT2D eigenvalue weighted by Gasteiger charge is 2.22. The van der Waals surface area contributed by atoms with E-state index in [9.17, 15) is 4.79 Å². The van der Waals surface area contributed by atoms with E-state index >= 15 is 0 Å². The van der Waals surface area contributed by atoms with Crippen LogP contribution in [0.2, 0.25) is 0 Å². The van der Waals surface area contributed by atoms with Crippen LogP contribution in [0.3, 0.4) is 0 Å². The van der Waals surface area contributed by atoms with Crippen LogP contribution in [0.1, 0.15) is 19.3 Å². The molecule has 1 unspecified atom stereocenters. The van der Waals surface area contributed by atoms with Gasteiger partial charge in [-0.25, -0.2) is 4.68 Å². The molecule has 1 fully saturated rings. The molecule has 0 saturated carbocycles. The second kappa shape index (κ2) is 7.61. The smallest absolute Gasteiger partial charge is 0.266 e. The molecule has 3 aromatic rings. The average molecular weight is 354 g/mol. The minimum atomic E-state index is -0.0503. The van der Waals surface area contributed by atoms with Gasteiger partial charge in [0.25, 0.3) is 5.56 Å². The van der Waals surface area contributed by atoms with Gasteiger partial charge in [0, 0.05) is 31.4 Å². The Hall–Kier alpha value is -2.81. The number of hydrogen-bond donors (Lipinski definition) is 1. The number of nitrogens with zero attached hydrogens (tertiary/aromatic N) is 7. The van der Waals surface area contributed by atoms with Crippen molar-refractivity contribution in [3.63, 3.8) is 0 Å². The Morgan fingerprint density at radius 2 is 2.15 bits per heavy atom. The Bertz CT molecular complexity index is 920. The van der Waals surface area contributed by atoms with Crippen molar-refractivity contribution in [2.24, 2.45) is 0 Å². The largest absolute Gasteiger partial charge is 0.367 e. The Morgan fingerprint density at radius 3 is 3.08 bits per heavy atom. The van der Waals surface area contributed by atoms with Crippen LogP contribution >= 0.6 is 0 Å². The fraction of sp³-hybridized carbons (Fsp3) is 0.471. The van der Waals surface area contributed by atoms with Crippen molar-refractivity contribution in [3.8, 4) is 0 Å².